The van der Waals surface area contributed by atoms with Crippen molar-refractivity contribution in [1.29, 1.82) is 0 Å². The summed E-state index contributed by atoms with van der Waals surface area (Å²) >= 11 is 0. The number of carboxylic acid groups (broad SMARTS) is 1. The molecule has 0 heterocycles. The molecule has 70 valence electrons. The summed E-state index contributed by atoms with van der Waals surface area (Å²) in [5, 5.41) is 8.73. The van der Waals surface area contributed by atoms with Crippen molar-refractivity contribution in [3.05, 3.63) is 36.0 Å². The van der Waals surface area contributed by atoms with Crippen LogP contribution in [0.4, 0.5) is 0 Å². The summed E-state index contributed by atoms with van der Waals surface area (Å²) in [6.45, 7) is 2.12. The second-order valence-corrected chi connectivity index (χ2v) is 3.12. The Morgan fingerprint density at radius 3 is 2.92 bits per heavy atom. The highest BCUT2D eigenvalue weighted by molar-refractivity contribution is 5.90. The normalized spacial score (nSPS) is 21.0. The molecule has 2 heteroatoms. The van der Waals surface area contributed by atoms with E-state index in [-0.39, 0.29) is 0 Å². The summed E-state index contributed by atoms with van der Waals surface area (Å²) in [5.74, 6) is -0.476. The van der Waals surface area contributed by atoms with Gasteiger partial charge in [0.2, 0.25) is 0 Å². The van der Waals surface area contributed by atoms with Crippen LogP contribution in [0, 0.1) is 5.92 Å². The number of allylic oxidation sites excluding steroid dienone is 4. The minimum atomic E-state index is -0.863. The summed E-state index contributed by atoms with van der Waals surface area (Å²) in [5.41, 5.74) is 0.356. The molecule has 0 aromatic rings. The SMILES string of the molecule is CCCC1C=CC=C(C(=O)O)C=C1. The van der Waals surface area contributed by atoms with Crippen LogP contribution in [0.25, 0.3) is 0 Å². The van der Waals surface area contributed by atoms with E-state index in [2.05, 4.69) is 6.92 Å². The zero-order valence-corrected chi connectivity index (χ0v) is 7.73. The van der Waals surface area contributed by atoms with E-state index in [1.807, 2.05) is 18.2 Å². The van der Waals surface area contributed by atoms with Crippen molar-refractivity contribution >= 4 is 5.97 Å². The molecule has 1 aliphatic carbocycles. The second-order valence-electron chi connectivity index (χ2n) is 3.12. The van der Waals surface area contributed by atoms with Crippen LogP contribution in [-0.2, 0) is 4.79 Å². The predicted molar refractivity (Wildman–Crippen MR) is 52.4 cm³/mol. The molecule has 0 fully saturated rings. The molecule has 2 nitrogen and oxygen atoms in total. The summed E-state index contributed by atoms with van der Waals surface area (Å²) in [6.07, 6.45) is 11.3. The fraction of sp³-hybridized carbons (Fsp3) is 0.364. The second kappa shape index (κ2) is 4.65. The van der Waals surface area contributed by atoms with E-state index in [0.29, 0.717) is 11.5 Å². The average Bonchev–Trinajstić information content (AvgIpc) is 2.30. The fourth-order valence-electron chi connectivity index (χ4n) is 1.32. The van der Waals surface area contributed by atoms with Gasteiger partial charge in [0.25, 0.3) is 0 Å². The van der Waals surface area contributed by atoms with Gasteiger partial charge in [0, 0.05) is 0 Å². The van der Waals surface area contributed by atoms with Gasteiger partial charge in [0.1, 0.15) is 0 Å². The molecule has 0 aliphatic heterocycles. The van der Waals surface area contributed by atoms with Crippen molar-refractivity contribution in [2.45, 2.75) is 19.8 Å². The number of aliphatic carboxylic acids is 1. The Labute approximate surface area is 78.3 Å². The van der Waals surface area contributed by atoms with Crippen LogP contribution in [0.1, 0.15) is 19.8 Å². The monoisotopic (exact) mass is 178 g/mol. The molecule has 0 bridgehead atoms. The lowest BCUT2D eigenvalue weighted by molar-refractivity contribution is -0.132. The average molecular weight is 178 g/mol. The fourth-order valence-corrected chi connectivity index (χ4v) is 1.32. The zero-order chi connectivity index (χ0) is 9.68. The van der Waals surface area contributed by atoms with E-state index < -0.39 is 5.97 Å². The highest BCUT2D eigenvalue weighted by atomic mass is 16.4. The van der Waals surface area contributed by atoms with E-state index in [1.165, 1.54) is 0 Å². The molecule has 0 aromatic carbocycles. The molecular formula is C11H14O2. The standard InChI is InChI=1S/C11H14O2/c1-2-4-9-5-3-6-10(8-7-9)11(12)13/h3,5-9H,2,4H2,1H3,(H,12,13). The number of hydrogen-bond acceptors (Lipinski definition) is 1. The van der Waals surface area contributed by atoms with E-state index >= 15 is 0 Å². The predicted octanol–water partition coefficient (Wildman–Crippen LogP) is 2.54. The Hall–Kier alpha value is -1.31. The maximum atomic E-state index is 10.6. The van der Waals surface area contributed by atoms with Crippen molar-refractivity contribution < 1.29 is 9.90 Å². The number of carbonyl (C=O) groups is 1. The van der Waals surface area contributed by atoms with Crippen LogP contribution < -0.4 is 0 Å². The van der Waals surface area contributed by atoms with Crippen LogP contribution in [0.5, 0.6) is 0 Å². The molecule has 0 saturated heterocycles. The smallest absolute Gasteiger partial charge is 0.335 e. The summed E-state index contributed by atoms with van der Waals surface area (Å²) in [4.78, 5) is 10.6. The first-order chi connectivity index (χ1) is 6.24. The Morgan fingerprint density at radius 1 is 1.54 bits per heavy atom. The first kappa shape index (κ1) is 9.78. The number of hydrogen-bond donors (Lipinski definition) is 1. The lowest BCUT2D eigenvalue weighted by Crippen LogP contribution is -1.96. The Bertz CT molecular complexity index is 272. The third-order valence-electron chi connectivity index (χ3n) is 2.03. The molecule has 1 unspecified atom stereocenters. The first-order valence-corrected chi connectivity index (χ1v) is 4.54. The van der Waals surface area contributed by atoms with Gasteiger partial charge in [-0.3, -0.25) is 0 Å². The highest BCUT2D eigenvalue weighted by Gasteiger charge is 2.06. The van der Waals surface area contributed by atoms with Crippen molar-refractivity contribution in [3.8, 4) is 0 Å². The molecule has 1 aliphatic rings. The molecule has 0 saturated carbocycles. The molecule has 1 atom stereocenters. The molecule has 13 heavy (non-hydrogen) atoms. The van der Waals surface area contributed by atoms with Gasteiger partial charge in [0.15, 0.2) is 0 Å². The topological polar surface area (TPSA) is 37.3 Å². The van der Waals surface area contributed by atoms with Crippen LogP contribution in [0.15, 0.2) is 36.0 Å². The van der Waals surface area contributed by atoms with Gasteiger partial charge in [-0.2, -0.15) is 0 Å². The van der Waals surface area contributed by atoms with E-state index in [0.717, 1.165) is 12.8 Å². The maximum absolute atomic E-state index is 10.6. The van der Waals surface area contributed by atoms with Crippen molar-refractivity contribution in [1.82, 2.24) is 0 Å². The maximum Gasteiger partial charge on any atom is 0.335 e. The lowest BCUT2D eigenvalue weighted by atomic mass is 10.0. The zero-order valence-electron chi connectivity index (χ0n) is 7.73. The molecule has 0 radical (unpaired) electrons. The van der Waals surface area contributed by atoms with Gasteiger partial charge in [-0.25, -0.2) is 4.79 Å². The first-order valence-electron chi connectivity index (χ1n) is 4.54. The van der Waals surface area contributed by atoms with Gasteiger partial charge >= 0.3 is 5.97 Å². The number of carboxylic acids is 1. The summed E-state index contributed by atoms with van der Waals surface area (Å²) in [7, 11) is 0. The largest absolute Gasteiger partial charge is 0.478 e. The van der Waals surface area contributed by atoms with Gasteiger partial charge in [0.05, 0.1) is 5.57 Å². The third kappa shape index (κ3) is 2.90. The quantitative estimate of drug-likeness (QED) is 0.721. The highest BCUT2D eigenvalue weighted by Crippen LogP contribution is 2.15. The van der Waals surface area contributed by atoms with Crippen LogP contribution in [-0.4, -0.2) is 11.1 Å². The Morgan fingerprint density at radius 2 is 2.31 bits per heavy atom. The van der Waals surface area contributed by atoms with Crippen LogP contribution >= 0.6 is 0 Å². The van der Waals surface area contributed by atoms with Gasteiger partial charge in [-0.05, 0) is 18.4 Å². The van der Waals surface area contributed by atoms with Crippen LogP contribution in [0.3, 0.4) is 0 Å². The van der Waals surface area contributed by atoms with Gasteiger partial charge < -0.3 is 5.11 Å². The number of rotatable bonds is 3. The molecule has 0 spiro atoms. The summed E-state index contributed by atoms with van der Waals surface area (Å²) in [6, 6.07) is 0. The van der Waals surface area contributed by atoms with Crippen molar-refractivity contribution in [2.75, 3.05) is 0 Å². The lowest BCUT2D eigenvalue weighted by Gasteiger charge is -2.02. The third-order valence-corrected chi connectivity index (χ3v) is 2.03. The van der Waals surface area contributed by atoms with Crippen LogP contribution in [0.2, 0.25) is 0 Å². The van der Waals surface area contributed by atoms with E-state index in [1.54, 1.807) is 12.2 Å². The van der Waals surface area contributed by atoms with E-state index in [4.69, 9.17) is 5.11 Å². The molecule has 0 amide bonds. The molecular weight excluding hydrogens is 164 g/mol. The van der Waals surface area contributed by atoms with Crippen molar-refractivity contribution in [3.63, 3.8) is 0 Å². The van der Waals surface area contributed by atoms with Gasteiger partial charge in [-0.15, -0.1) is 0 Å². The Balaban J connectivity index is 2.69. The summed E-state index contributed by atoms with van der Waals surface area (Å²) < 4.78 is 0. The molecule has 0 aromatic heterocycles. The van der Waals surface area contributed by atoms with E-state index in [9.17, 15) is 4.79 Å². The Kier molecular flexibility index (Phi) is 3.50. The minimum Gasteiger partial charge on any atom is -0.478 e. The molecule has 1 rings (SSSR count). The minimum absolute atomic E-state index is 0.356. The van der Waals surface area contributed by atoms with Gasteiger partial charge in [-0.1, -0.05) is 37.6 Å². The van der Waals surface area contributed by atoms with Crippen molar-refractivity contribution in [2.24, 2.45) is 5.92 Å². The molecule has 1 N–H and O–H groups in total.